The number of benzene rings is 1. The summed E-state index contributed by atoms with van der Waals surface area (Å²) in [6.45, 7) is 10.7. The number of nitrogens with one attached hydrogen (secondary N) is 1. The lowest BCUT2D eigenvalue weighted by atomic mass is 9.94. The molecule has 0 spiro atoms. The maximum absolute atomic E-state index is 13.5. The van der Waals surface area contributed by atoms with Crippen molar-refractivity contribution in [1.29, 1.82) is 0 Å². The number of ether oxygens (including phenoxy) is 2. The van der Waals surface area contributed by atoms with Crippen LogP contribution in [0.25, 0.3) is 0 Å². The Morgan fingerprint density at radius 2 is 1.97 bits per heavy atom. The Balaban J connectivity index is 2.13. The smallest absolute Gasteiger partial charge is 0.322 e. The van der Waals surface area contributed by atoms with Gasteiger partial charge in [0.2, 0.25) is 0 Å². The van der Waals surface area contributed by atoms with E-state index in [-0.39, 0.29) is 18.0 Å². The van der Waals surface area contributed by atoms with Gasteiger partial charge in [-0.25, -0.2) is 4.79 Å². The van der Waals surface area contributed by atoms with E-state index < -0.39 is 6.04 Å². The highest BCUT2D eigenvalue weighted by Gasteiger charge is 2.46. The molecule has 0 fully saturated rings. The lowest BCUT2D eigenvalue weighted by molar-refractivity contribution is -0.128. The Labute approximate surface area is 171 Å². The van der Waals surface area contributed by atoms with Crippen LogP contribution in [0.4, 0.5) is 4.79 Å². The first-order valence-corrected chi connectivity index (χ1v) is 9.78. The van der Waals surface area contributed by atoms with E-state index in [0.717, 1.165) is 5.70 Å². The number of carbonyl (C=O) groups is 2. The van der Waals surface area contributed by atoms with Crippen LogP contribution in [0.15, 0.2) is 42.1 Å². The summed E-state index contributed by atoms with van der Waals surface area (Å²) < 4.78 is 10.9. The van der Waals surface area contributed by atoms with Gasteiger partial charge in [-0.15, -0.1) is 6.58 Å². The fourth-order valence-corrected chi connectivity index (χ4v) is 3.82. The first kappa shape index (κ1) is 20.8. The summed E-state index contributed by atoms with van der Waals surface area (Å²) in [7, 11) is 3.15. The first-order valence-electron chi connectivity index (χ1n) is 9.78. The van der Waals surface area contributed by atoms with Crippen LogP contribution in [0.5, 0.6) is 11.5 Å². The standard InChI is InChI=1S/C22H29N3O4/c1-7-10-24-17-12-25(14(4)13(2)3)21(26)19(17)20(23-22(24)27)16-11-15(28-5)8-9-18(16)29-6/h7-9,11,13-14,20H,1,10,12H2,2-6H3,(H,23,27)/t14-,20-/m0/s1. The molecule has 0 aliphatic carbocycles. The summed E-state index contributed by atoms with van der Waals surface area (Å²) in [4.78, 5) is 29.8. The second-order valence-electron chi connectivity index (χ2n) is 7.67. The summed E-state index contributed by atoms with van der Waals surface area (Å²) in [5, 5.41) is 2.98. The lowest BCUT2D eigenvalue weighted by Gasteiger charge is -2.33. The van der Waals surface area contributed by atoms with Gasteiger partial charge >= 0.3 is 6.03 Å². The zero-order chi connectivity index (χ0) is 21.3. The van der Waals surface area contributed by atoms with Crippen LogP contribution in [-0.4, -0.2) is 55.1 Å². The molecule has 7 nitrogen and oxygen atoms in total. The molecule has 0 radical (unpaired) electrons. The Hall–Kier alpha value is -2.96. The monoisotopic (exact) mass is 399 g/mol. The number of carbonyl (C=O) groups excluding carboxylic acids is 2. The first-order chi connectivity index (χ1) is 13.8. The van der Waals surface area contributed by atoms with Crippen LogP contribution in [0.1, 0.15) is 32.4 Å². The molecule has 0 unspecified atom stereocenters. The highest BCUT2D eigenvalue weighted by Crippen LogP contribution is 2.41. The minimum atomic E-state index is -0.611. The molecule has 2 aliphatic rings. The number of nitrogens with zero attached hydrogens (tertiary/aromatic N) is 2. The molecule has 156 valence electrons. The van der Waals surface area contributed by atoms with E-state index in [0.29, 0.717) is 41.6 Å². The average molecular weight is 399 g/mol. The quantitative estimate of drug-likeness (QED) is 0.716. The van der Waals surface area contributed by atoms with Crippen molar-refractivity contribution in [2.45, 2.75) is 32.9 Å². The third-order valence-corrected chi connectivity index (χ3v) is 5.77. The Bertz CT molecular complexity index is 862. The molecule has 1 aromatic rings. The van der Waals surface area contributed by atoms with Crippen LogP contribution in [0.2, 0.25) is 0 Å². The van der Waals surface area contributed by atoms with Crippen LogP contribution in [0, 0.1) is 5.92 Å². The van der Waals surface area contributed by atoms with Gasteiger partial charge in [0, 0.05) is 18.2 Å². The largest absolute Gasteiger partial charge is 0.497 e. The van der Waals surface area contributed by atoms with Crippen molar-refractivity contribution < 1.29 is 19.1 Å². The van der Waals surface area contributed by atoms with E-state index in [4.69, 9.17) is 9.47 Å². The Morgan fingerprint density at radius 1 is 1.24 bits per heavy atom. The van der Waals surface area contributed by atoms with Crippen molar-refractivity contribution in [3.05, 3.63) is 47.7 Å². The predicted octanol–water partition coefficient (Wildman–Crippen LogP) is 3.10. The van der Waals surface area contributed by atoms with Gasteiger partial charge in [-0.1, -0.05) is 19.9 Å². The SMILES string of the molecule is C=CCN1C(=O)N[C@@H](c2cc(OC)ccc2OC)C2=C1CN([C@@H](C)C(C)C)C2=O. The van der Waals surface area contributed by atoms with E-state index >= 15 is 0 Å². The molecular weight excluding hydrogens is 370 g/mol. The molecule has 3 rings (SSSR count). The summed E-state index contributed by atoms with van der Waals surface area (Å²) >= 11 is 0. The molecule has 0 aromatic heterocycles. The van der Waals surface area contributed by atoms with Gasteiger partial charge in [-0.2, -0.15) is 0 Å². The fourth-order valence-electron chi connectivity index (χ4n) is 3.82. The van der Waals surface area contributed by atoms with Gasteiger partial charge in [0.05, 0.1) is 38.1 Å². The van der Waals surface area contributed by atoms with Gasteiger partial charge in [-0.3, -0.25) is 9.69 Å². The minimum absolute atomic E-state index is 0.0432. The second kappa shape index (κ2) is 8.19. The molecule has 2 atom stereocenters. The predicted molar refractivity (Wildman–Crippen MR) is 111 cm³/mol. The third kappa shape index (κ3) is 3.57. The van der Waals surface area contributed by atoms with Gasteiger partial charge < -0.3 is 19.7 Å². The second-order valence-corrected chi connectivity index (χ2v) is 7.67. The topological polar surface area (TPSA) is 71.1 Å². The van der Waals surface area contributed by atoms with Crippen LogP contribution in [-0.2, 0) is 4.79 Å². The number of amides is 3. The lowest BCUT2D eigenvalue weighted by Crippen LogP contribution is -2.47. The van der Waals surface area contributed by atoms with E-state index in [1.54, 1.807) is 43.4 Å². The van der Waals surface area contributed by atoms with Crippen molar-refractivity contribution in [1.82, 2.24) is 15.1 Å². The number of hydrogen-bond donors (Lipinski definition) is 1. The van der Waals surface area contributed by atoms with Crippen LogP contribution >= 0.6 is 0 Å². The molecule has 29 heavy (non-hydrogen) atoms. The van der Waals surface area contributed by atoms with Gasteiger partial charge in [0.1, 0.15) is 11.5 Å². The third-order valence-electron chi connectivity index (χ3n) is 5.77. The molecule has 2 aliphatic heterocycles. The highest BCUT2D eigenvalue weighted by atomic mass is 16.5. The van der Waals surface area contributed by atoms with Crippen molar-refractivity contribution in [3.63, 3.8) is 0 Å². The normalized spacial score (nSPS) is 20.0. The van der Waals surface area contributed by atoms with E-state index in [9.17, 15) is 9.59 Å². The average Bonchev–Trinajstić information content (AvgIpc) is 3.05. The van der Waals surface area contributed by atoms with Gasteiger partial charge in [0.15, 0.2) is 0 Å². The van der Waals surface area contributed by atoms with Gasteiger partial charge in [-0.05, 0) is 31.0 Å². The van der Waals surface area contributed by atoms with Crippen molar-refractivity contribution in [2.75, 3.05) is 27.3 Å². The van der Waals surface area contributed by atoms with E-state index in [1.807, 2.05) is 11.8 Å². The maximum Gasteiger partial charge on any atom is 0.322 e. The number of methoxy groups -OCH3 is 2. The molecular formula is C22H29N3O4. The van der Waals surface area contributed by atoms with E-state index in [2.05, 4.69) is 25.7 Å². The fraction of sp³-hybridized carbons (Fsp3) is 0.455. The molecule has 1 aromatic carbocycles. The van der Waals surface area contributed by atoms with Crippen LogP contribution in [0.3, 0.4) is 0 Å². The summed E-state index contributed by atoms with van der Waals surface area (Å²) in [5.41, 5.74) is 1.99. The van der Waals surface area contributed by atoms with E-state index in [1.165, 1.54) is 0 Å². The summed E-state index contributed by atoms with van der Waals surface area (Å²) in [6.07, 6.45) is 1.66. The number of rotatable bonds is 7. The summed E-state index contributed by atoms with van der Waals surface area (Å²) in [5.74, 6) is 1.44. The summed E-state index contributed by atoms with van der Waals surface area (Å²) in [6, 6.07) is 4.55. The highest BCUT2D eigenvalue weighted by molar-refractivity contribution is 6.01. The molecule has 7 heteroatoms. The minimum Gasteiger partial charge on any atom is -0.497 e. The van der Waals surface area contributed by atoms with Crippen LogP contribution < -0.4 is 14.8 Å². The van der Waals surface area contributed by atoms with Crippen molar-refractivity contribution >= 4 is 11.9 Å². The number of urea groups is 1. The zero-order valence-corrected chi connectivity index (χ0v) is 17.7. The molecule has 3 amide bonds. The Morgan fingerprint density at radius 3 is 2.55 bits per heavy atom. The molecule has 0 saturated carbocycles. The molecule has 1 N–H and O–H groups in total. The van der Waals surface area contributed by atoms with Gasteiger partial charge in [0.25, 0.3) is 5.91 Å². The van der Waals surface area contributed by atoms with Crippen molar-refractivity contribution in [2.24, 2.45) is 5.92 Å². The molecule has 0 saturated heterocycles. The molecule has 2 heterocycles. The number of hydrogen-bond acceptors (Lipinski definition) is 4. The molecule has 0 bridgehead atoms. The van der Waals surface area contributed by atoms with Crippen molar-refractivity contribution in [3.8, 4) is 11.5 Å². The maximum atomic E-state index is 13.5. The zero-order valence-electron chi connectivity index (χ0n) is 17.7. The Kier molecular flexibility index (Phi) is 5.86.